The molecule has 0 aliphatic heterocycles. The van der Waals surface area contributed by atoms with E-state index in [1.54, 1.807) is 4.68 Å². The molecule has 0 saturated heterocycles. The van der Waals surface area contributed by atoms with Crippen LogP contribution in [0.3, 0.4) is 0 Å². The van der Waals surface area contributed by atoms with E-state index in [0.717, 1.165) is 18.7 Å². The number of tetrazole rings is 1. The van der Waals surface area contributed by atoms with Crippen LogP contribution in [-0.4, -0.2) is 31.4 Å². The number of thioether (sulfide) groups is 1. The van der Waals surface area contributed by atoms with Crippen molar-refractivity contribution < 1.29 is 4.79 Å². The Morgan fingerprint density at radius 2 is 1.96 bits per heavy atom. The van der Waals surface area contributed by atoms with Crippen molar-refractivity contribution in [1.82, 2.24) is 20.2 Å². The van der Waals surface area contributed by atoms with Gasteiger partial charge in [0.1, 0.15) is 0 Å². The number of anilines is 1. The van der Waals surface area contributed by atoms with Gasteiger partial charge in [-0.1, -0.05) is 57.7 Å². The van der Waals surface area contributed by atoms with Crippen LogP contribution < -0.4 is 5.32 Å². The molecule has 1 aromatic heterocycles. The van der Waals surface area contributed by atoms with Crippen LogP contribution in [0.2, 0.25) is 0 Å². The van der Waals surface area contributed by atoms with Crippen molar-refractivity contribution in [2.45, 2.75) is 63.9 Å². The molecule has 1 heterocycles. The number of hydrogen-bond donors (Lipinski definition) is 1. The Balaban J connectivity index is 2.06. The smallest absolute Gasteiger partial charge is 0.237 e. The van der Waals surface area contributed by atoms with E-state index in [9.17, 15) is 4.79 Å². The zero-order chi connectivity index (χ0) is 18.4. The molecule has 0 spiro atoms. The molecule has 1 N–H and O–H groups in total. The number of nitrogens with zero attached hydrogens (tertiary/aromatic N) is 4. The molecule has 7 heteroatoms. The zero-order valence-corrected chi connectivity index (χ0v) is 16.4. The fourth-order valence-corrected chi connectivity index (χ4v) is 3.25. The molecule has 1 aromatic carbocycles. The lowest BCUT2D eigenvalue weighted by atomic mass is 9.97. The number of benzene rings is 1. The summed E-state index contributed by atoms with van der Waals surface area (Å²) >= 11 is 1.38. The van der Waals surface area contributed by atoms with E-state index in [0.29, 0.717) is 17.0 Å². The molecular formula is C18H27N5OS. The van der Waals surface area contributed by atoms with E-state index >= 15 is 0 Å². The van der Waals surface area contributed by atoms with Crippen LogP contribution in [-0.2, 0) is 11.3 Å². The summed E-state index contributed by atoms with van der Waals surface area (Å²) in [5.74, 6) is 0.798. The Bertz CT molecular complexity index is 700. The topological polar surface area (TPSA) is 72.7 Å². The Morgan fingerprint density at radius 3 is 2.64 bits per heavy atom. The van der Waals surface area contributed by atoms with Gasteiger partial charge in [-0.3, -0.25) is 4.79 Å². The maximum absolute atomic E-state index is 12.6. The highest BCUT2D eigenvalue weighted by Gasteiger charge is 2.20. The average Bonchev–Trinajstić information content (AvgIpc) is 3.00. The average molecular weight is 362 g/mol. The largest absolute Gasteiger partial charge is 0.325 e. The molecule has 2 rings (SSSR count). The van der Waals surface area contributed by atoms with E-state index in [1.165, 1.54) is 17.3 Å². The molecule has 2 unspecified atom stereocenters. The zero-order valence-electron chi connectivity index (χ0n) is 15.6. The summed E-state index contributed by atoms with van der Waals surface area (Å²) in [6, 6.07) is 7.99. The van der Waals surface area contributed by atoms with Gasteiger partial charge in [0.25, 0.3) is 0 Å². The van der Waals surface area contributed by atoms with Crippen LogP contribution in [0.1, 0.15) is 52.5 Å². The SMILES string of the molecule is CCC(C)c1ccccc1NC(=O)C(C)Sc1nnnn1CC(C)C. The van der Waals surface area contributed by atoms with Gasteiger partial charge in [-0.25, -0.2) is 4.68 Å². The molecular weight excluding hydrogens is 334 g/mol. The lowest BCUT2D eigenvalue weighted by Crippen LogP contribution is -2.24. The molecule has 25 heavy (non-hydrogen) atoms. The standard InChI is InChI=1S/C18H27N5OS/c1-6-13(4)15-9-7-8-10-16(15)19-17(24)14(5)25-18-20-21-22-23(18)11-12(2)3/h7-10,12-14H,6,11H2,1-5H3,(H,19,24). The quantitative estimate of drug-likeness (QED) is 0.721. The van der Waals surface area contributed by atoms with Crippen molar-refractivity contribution in [1.29, 1.82) is 0 Å². The summed E-state index contributed by atoms with van der Waals surface area (Å²) < 4.78 is 1.76. The summed E-state index contributed by atoms with van der Waals surface area (Å²) in [4.78, 5) is 12.6. The Kier molecular flexibility index (Phi) is 6.99. The number of para-hydroxylation sites is 1. The Hall–Kier alpha value is -1.89. The highest BCUT2D eigenvalue weighted by atomic mass is 32.2. The van der Waals surface area contributed by atoms with Gasteiger partial charge in [-0.2, -0.15) is 0 Å². The fraction of sp³-hybridized carbons (Fsp3) is 0.556. The summed E-state index contributed by atoms with van der Waals surface area (Å²) in [5, 5.41) is 15.2. The van der Waals surface area contributed by atoms with Crippen LogP contribution >= 0.6 is 11.8 Å². The molecule has 0 aliphatic rings. The summed E-state index contributed by atoms with van der Waals surface area (Å²) in [7, 11) is 0. The second-order valence-corrected chi connectivity index (χ2v) is 7.99. The molecule has 0 aliphatic carbocycles. The molecule has 0 bridgehead atoms. The molecule has 6 nitrogen and oxygen atoms in total. The highest BCUT2D eigenvalue weighted by Crippen LogP contribution is 2.28. The summed E-state index contributed by atoms with van der Waals surface area (Å²) in [6.07, 6.45) is 1.03. The number of carbonyl (C=O) groups is 1. The van der Waals surface area contributed by atoms with E-state index < -0.39 is 0 Å². The van der Waals surface area contributed by atoms with Gasteiger partial charge in [0.05, 0.1) is 5.25 Å². The van der Waals surface area contributed by atoms with E-state index in [4.69, 9.17) is 0 Å². The van der Waals surface area contributed by atoms with Crippen molar-refractivity contribution >= 4 is 23.4 Å². The molecule has 2 aromatic rings. The number of rotatable bonds is 8. The normalized spacial score (nSPS) is 13.7. The highest BCUT2D eigenvalue weighted by molar-refractivity contribution is 8.00. The third kappa shape index (κ3) is 5.29. The Labute approximate surface area is 153 Å². The molecule has 0 fully saturated rings. The van der Waals surface area contributed by atoms with Crippen LogP contribution in [0.5, 0.6) is 0 Å². The molecule has 0 radical (unpaired) electrons. The number of aromatic nitrogens is 4. The van der Waals surface area contributed by atoms with Gasteiger partial charge in [0.15, 0.2) is 0 Å². The monoisotopic (exact) mass is 361 g/mol. The minimum absolute atomic E-state index is 0.0418. The molecule has 1 amide bonds. The van der Waals surface area contributed by atoms with E-state index in [2.05, 4.69) is 54.6 Å². The summed E-state index contributed by atoms with van der Waals surface area (Å²) in [6.45, 7) is 11.1. The maximum atomic E-state index is 12.6. The lowest BCUT2D eigenvalue weighted by Gasteiger charge is -2.17. The number of amides is 1. The number of carbonyl (C=O) groups excluding carboxylic acids is 1. The maximum Gasteiger partial charge on any atom is 0.237 e. The van der Waals surface area contributed by atoms with Crippen LogP contribution in [0.25, 0.3) is 0 Å². The van der Waals surface area contributed by atoms with Gasteiger partial charge in [-0.05, 0) is 47.2 Å². The summed E-state index contributed by atoms with van der Waals surface area (Å²) in [5.41, 5.74) is 2.05. The van der Waals surface area contributed by atoms with Gasteiger partial charge < -0.3 is 5.32 Å². The number of hydrogen-bond acceptors (Lipinski definition) is 5. The van der Waals surface area contributed by atoms with E-state index in [1.807, 2.05) is 25.1 Å². The minimum atomic E-state index is -0.290. The fourth-order valence-electron chi connectivity index (χ4n) is 2.45. The second kappa shape index (κ2) is 8.99. The van der Waals surface area contributed by atoms with Crippen molar-refractivity contribution in [2.24, 2.45) is 5.92 Å². The molecule has 0 saturated carbocycles. The second-order valence-electron chi connectivity index (χ2n) is 6.68. The first-order chi connectivity index (χ1) is 11.9. The first kappa shape index (κ1) is 19.4. The van der Waals surface area contributed by atoms with Gasteiger partial charge in [0.2, 0.25) is 11.1 Å². The Morgan fingerprint density at radius 1 is 1.24 bits per heavy atom. The predicted molar refractivity (Wildman–Crippen MR) is 102 cm³/mol. The molecule has 136 valence electrons. The third-order valence-corrected chi connectivity index (χ3v) is 5.12. The van der Waals surface area contributed by atoms with Crippen molar-refractivity contribution in [2.75, 3.05) is 5.32 Å². The minimum Gasteiger partial charge on any atom is -0.325 e. The first-order valence-electron chi connectivity index (χ1n) is 8.75. The third-order valence-electron chi connectivity index (χ3n) is 4.05. The van der Waals surface area contributed by atoms with Crippen molar-refractivity contribution in [3.8, 4) is 0 Å². The van der Waals surface area contributed by atoms with Crippen LogP contribution in [0.15, 0.2) is 29.4 Å². The molecule has 2 atom stereocenters. The number of nitrogens with one attached hydrogen (secondary N) is 1. The van der Waals surface area contributed by atoms with E-state index in [-0.39, 0.29) is 11.2 Å². The van der Waals surface area contributed by atoms with Crippen LogP contribution in [0, 0.1) is 5.92 Å². The van der Waals surface area contributed by atoms with Gasteiger partial charge >= 0.3 is 0 Å². The van der Waals surface area contributed by atoms with Gasteiger partial charge in [0, 0.05) is 12.2 Å². The predicted octanol–water partition coefficient (Wildman–Crippen LogP) is 3.96. The van der Waals surface area contributed by atoms with Crippen LogP contribution in [0.4, 0.5) is 5.69 Å². The lowest BCUT2D eigenvalue weighted by molar-refractivity contribution is -0.115. The van der Waals surface area contributed by atoms with Crippen molar-refractivity contribution in [3.05, 3.63) is 29.8 Å². The van der Waals surface area contributed by atoms with Crippen molar-refractivity contribution in [3.63, 3.8) is 0 Å². The van der Waals surface area contributed by atoms with Gasteiger partial charge in [-0.15, -0.1) is 5.10 Å². The first-order valence-corrected chi connectivity index (χ1v) is 9.62.